The summed E-state index contributed by atoms with van der Waals surface area (Å²) in [7, 11) is 0. The van der Waals surface area contributed by atoms with Gasteiger partial charge in [-0.2, -0.15) is 0 Å². The van der Waals surface area contributed by atoms with Crippen molar-refractivity contribution in [3.63, 3.8) is 0 Å². The first-order chi connectivity index (χ1) is 11.4. The molecule has 140 valence electrons. The molecule has 1 aliphatic rings. The molecule has 1 unspecified atom stereocenters. The molecule has 1 fully saturated rings. The van der Waals surface area contributed by atoms with Gasteiger partial charge in [-0.25, -0.2) is 0 Å². The molecule has 0 radical (unpaired) electrons. The Labute approximate surface area is 164 Å². The second-order valence-corrected chi connectivity index (χ2v) is 6.92. The molecule has 0 aromatic heterocycles. The molecule has 1 aromatic rings. The van der Waals surface area contributed by atoms with Crippen LogP contribution in [0.4, 0.5) is 5.69 Å². The maximum Gasteiger partial charge on any atom is 0.239 e. The number of halogens is 3. The molecule has 2 rings (SSSR count). The Balaban J connectivity index is 0.00000312. The minimum Gasteiger partial charge on any atom is -0.349 e. The van der Waals surface area contributed by atoms with Crippen LogP contribution in [0.25, 0.3) is 0 Å². The number of nitrogens with one attached hydrogen (secondary N) is 1. The van der Waals surface area contributed by atoms with Crippen LogP contribution in [-0.4, -0.2) is 30.4 Å². The number of rotatable bonds is 6. The number of carbonyl (C=O) groups is 2. The highest BCUT2D eigenvalue weighted by Gasteiger charge is 2.40. The van der Waals surface area contributed by atoms with Crippen molar-refractivity contribution in [3.05, 3.63) is 28.2 Å². The highest BCUT2D eigenvalue weighted by atomic mass is 35.5. The quantitative estimate of drug-likeness (QED) is 0.708. The standard InChI is InChI=1S/C17H23Cl2N3O2.ClH/c1-3-17(4-2,10-20)21-15(23)12-7-8-22(16(12)24)11-5-6-13(18)14(19)9-11;/h5-6,9,12H,3-4,7-8,10,20H2,1-2H3,(H,21,23);1H. The summed E-state index contributed by atoms with van der Waals surface area (Å²) < 4.78 is 0. The summed E-state index contributed by atoms with van der Waals surface area (Å²) in [5.41, 5.74) is 6.03. The summed E-state index contributed by atoms with van der Waals surface area (Å²) in [6.45, 7) is 4.79. The lowest BCUT2D eigenvalue weighted by Crippen LogP contribution is -2.55. The number of hydrogen-bond acceptors (Lipinski definition) is 3. The van der Waals surface area contributed by atoms with Crippen molar-refractivity contribution in [2.75, 3.05) is 18.0 Å². The number of nitrogens with two attached hydrogens (primary N) is 1. The third-order valence-corrected chi connectivity index (χ3v) is 5.61. The first-order valence-electron chi connectivity index (χ1n) is 8.16. The van der Waals surface area contributed by atoms with Gasteiger partial charge in [-0.15, -0.1) is 12.4 Å². The fourth-order valence-electron chi connectivity index (χ4n) is 2.95. The molecule has 0 saturated carbocycles. The van der Waals surface area contributed by atoms with E-state index in [9.17, 15) is 9.59 Å². The van der Waals surface area contributed by atoms with Gasteiger partial charge in [0, 0.05) is 18.8 Å². The van der Waals surface area contributed by atoms with E-state index < -0.39 is 11.5 Å². The average Bonchev–Trinajstić information content (AvgIpc) is 2.97. The van der Waals surface area contributed by atoms with Crippen LogP contribution in [0, 0.1) is 5.92 Å². The van der Waals surface area contributed by atoms with Crippen molar-refractivity contribution in [2.45, 2.75) is 38.6 Å². The Morgan fingerprint density at radius 1 is 1.32 bits per heavy atom. The summed E-state index contributed by atoms with van der Waals surface area (Å²) in [5, 5.41) is 3.80. The predicted molar refractivity (Wildman–Crippen MR) is 105 cm³/mol. The zero-order chi connectivity index (χ0) is 17.9. The zero-order valence-electron chi connectivity index (χ0n) is 14.4. The van der Waals surface area contributed by atoms with Crippen LogP contribution in [0.5, 0.6) is 0 Å². The van der Waals surface area contributed by atoms with Gasteiger partial charge in [0.25, 0.3) is 0 Å². The SMILES string of the molecule is CCC(CC)(CN)NC(=O)C1CCN(c2ccc(Cl)c(Cl)c2)C1=O.Cl. The summed E-state index contributed by atoms with van der Waals surface area (Å²) in [5.74, 6) is -1.16. The van der Waals surface area contributed by atoms with Crippen molar-refractivity contribution in [1.29, 1.82) is 0 Å². The highest BCUT2D eigenvalue weighted by Crippen LogP contribution is 2.31. The molecule has 1 aliphatic heterocycles. The molecule has 1 saturated heterocycles. The molecule has 0 aliphatic carbocycles. The van der Waals surface area contributed by atoms with Gasteiger partial charge in [0.1, 0.15) is 5.92 Å². The lowest BCUT2D eigenvalue weighted by Gasteiger charge is -2.32. The molecule has 0 bridgehead atoms. The number of nitrogens with zero attached hydrogens (tertiary/aromatic N) is 1. The van der Waals surface area contributed by atoms with Crippen LogP contribution < -0.4 is 16.0 Å². The summed E-state index contributed by atoms with van der Waals surface area (Å²) >= 11 is 11.9. The van der Waals surface area contributed by atoms with Gasteiger partial charge in [0.2, 0.25) is 11.8 Å². The summed E-state index contributed by atoms with van der Waals surface area (Å²) in [6.07, 6.45) is 1.92. The van der Waals surface area contributed by atoms with Crippen molar-refractivity contribution >= 4 is 53.1 Å². The fourth-order valence-corrected chi connectivity index (χ4v) is 3.24. The van der Waals surface area contributed by atoms with Gasteiger partial charge >= 0.3 is 0 Å². The van der Waals surface area contributed by atoms with E-state index in [2.05, 4.69) is 5.32 Å². The molecule has 8 heteroatoms. The van der Waals surface area contributed by atoms with Crippen molar-refractivity contribution in [2.24, 2.45) is 11.7 Å². The predicted octanol–water partition coefficient (Wildman–Crippen LogP) is 3.40. The van der Waals surface area contributed by atoms with Crippen molar-refractivity contribution < 1.29 is 9.59 Å². The average molecular weight is 409 g/mol. The van der Waals surface area contributed by atoms with E-state index >= 15 is 0 Å². The Bertz CT molecular complexity index is 627. The lowest BCUT2D eigenvalue weighted by molar-refractivity contribution is -0.133. The van der Waals surface area contributed by atoms with Crippen LogP contribution in [0.3, 0.4) is 0 Å². The molecule has 2 amide bonds. The Morgan fingerprint density at radius 2 is 1.96 bits per heavy atom. The number of carbonyl (C=O) groups excluding carboxylic acids is 2. The van der Waals surface area contributed by atoms with Crippen LogP contribution in [0.1, 0.15) is 33.1 Å². The van der Waals surface area contributed by atoms with Gasteiger partial charge in [-0.3, -0.25) is 9.59 Å². The van der Waals surface area contributed by atoms with Crippen LogP contribution >= 0.6 is 35.6 Å². The topological polar surface area (TPSA) is 75.4 Å². The highest BCUT2D eigenvalue weighted by molar-refractivity contribution is 6.42. The van der Waals surface area contributed by atoms with Gasteiger partial charge in [0.15, 0.2) is 0 Å². The molecule has 1 atom stereocenters. The first kappa shape index (κ1) is 22.0. The number of anilines is 1. The van der Waals surface area contributed by atoms with E-state index in [4.69, 9.17) is 28.9 Å². The first-order valence-corrected chi connectivity index (χ1v) is 8.91. The van der Waals surface area contributed by atoms with E-state index in [1.54, 1.807) is 23.1 Å². The number of hydrogen-bond donors (Lipinski definition) is 2. The van der Waals surface area contributed by atoms with Crippen LogP contribution in [-0.2, 0) is 9.59 Å². The van der Waals surface area contributed by atoms with Gasteiger partial charge in [0.05, 0.1) is 15.6 Å². The summed E-state index contributed by atoms with van der Waals surface area (Å²) in [6, 6.07) is 5.02. The van der Waals surface area contributed by atoms with Gasteiger partial charge in [-0.05, 0) is 37.5 Å². The molecule has 3 N–H and O–H groups in total. The third-order valence-electron chi connectivity index (χ3n) is 4.87. The number of amides is 2. The van der Waals surface area contributed by atoms with E-state index in [0.717, 1.165) is 12.8 Å². The number of benzene rings is 1. The van der Waals surface area contributed by atoms with Gasteiger partial charge in [-0.1, -0.05) is 37.0 Å². The fraction of sp³-hybridized carbons (Fsp3) is 0.529. The van der Waals surface area contributed by atoms with Crippen molar-refractivity contribution in [1.82, 2.24) is 5.32 Å². The molecular weight excluding hydrogens is 385 g/mol. The minimum atomic E-state index is -0.691. The monoisotopic (exact) mass is 407 g/mol. The molecule has 0 spiro atoms. The second-order valence-electron chi connectivity index (χ2n) is 6.11. The maximum absolute atomic E-state index is 12.7. The second kappa shape index (κ2) is 9.08. The maximum atomic E-state index is 12.7. The van der Waals surface area contributed by atoms with E-state index in [-0.39, 0.29) is 24.2 Å². The lowest BCUT2D eigenvalue weighted by atomic mass is 9.91. The zero-order valence-corrected chi connectivity index (χ0v) is 16.7. The van der Waals surface area contributed by atoms with E-state index in [0.29, 0.717) is 35.2 Å². The van der Waals surface area contributed by atoms with E-state index in [1.165, 1.54) is 0 Å². The Morgan fingerprint density at radius 3 is 2.48 bits per heavy atom. The molecular formula is C17H24Cl3N3O2. The smallest absolute Gasteiger partial charge is 0.239 e. The normalized spacial score (nSPS) is 17.4. The van der Waals surface area contributed by atoms with Crippen molar-refractivity contribution in [3.8, 4) is 0 Å². The molecule has 5 nitrogen and oxygen atoms in total. The van der Waals surface area contributed by atoms with Crippen LogP contribution in [0.2, 0.25) is 10.0 Å². The van der Waals surface area contributed by atoms with E-state index in [1.807, 2.05) is 13.8 Å². The molecule has 25 heavy (non-hydrogen) atoms. The summed E-state index contributed by atoms with van der Waals surface area (Å²) in [4.78, 5) is 26.8. The Kier molecular flexibility index (Phi) is 8.00. The molecule has 1 heterocycles. The van der Waals surface area contributed by atoms with Crippen LogP contribution in [0.15, 0.2) is 18.2 Å². The third kappa shape index (κ3) is 4.59. The van der Waals surface area contributed by atoms with Gasteiger partial charge < -0.3 is 16.0 Å². The Hall–Kier alpha value is -1.01. The minimum absolute atomic E-state index is 0. The molecule has 1 aromatic carbocycles. The largest absolute Gasteiger partial charge is 0.349 e.